The maximum atomic E-state index is 10.9. The molecule has 0 unspecified atom stereocenters. The highest BCUT2D eigenvalue weighted by atomic mass is 16.6. The fraction of sp³-hybridized carbons (Fsp3) is 0.417. The van der Waals surface area contributed by atoms with Gasteiger partial charge in [-0.15, -0.1) is 0 Å². The fourth-order valence-electron chi connectivity index (χ4n) is 2.09. The van der Waals surface area contributed by atoms with Crippen molar-refractivity contribution in [2.45, 2.75) is 19.3 Å². The fourth-order valence-corrected chi connectivity index (χ4v) is 2.09. The van der Waals surface area contributed by atoms with Crippen LogP contribution in [0.3, 0.4) is 0 Å². The van der Waals surface area contributed by atoms with E-state index in [4.69, 9.17) is 5.11 Å². The highest BCUT2D eigenvalue weighted by molar-refractivity contribution is 5.90. The molecule has 19 heavy (non-hydrogen) atoms. The molecule has 0 radical (unpaired) electrons. The first-order valence-electron chi connectivity index (χ1n) is 6.11. The molecule has 7 nitrogen and oxygen atoms in total. The highest BCUT2D eigenvalue weighted by Crippen LogP contribution is 2.26. The van der Waals surface area contributed by atoms with Crippen LogP contribution in [0.5, 0.6) is 0 Å². The standard InChI is InChI=1S/C12H15N3O4/c16-12(17)9-4-5-11(15(18)19)10(8-9)13-14-6-2-1-3-7-14/h4-5,8,13H,1-3,6-7H2,(H,16,17). The van der Waals surface area contributed by atoms with Gasteiger partial charge in [-0.2, -0.15) is 0 Å². The van der Waals surface area contributed by atoms with Crippen molar-refractivity contribution in [1.82, 2.24) is 5.01 Å². The molecular formula is C12H15N3O4. The average Bonchev–Trinajstić information content (AvgIpc) is 2.39. The second-order valence-electron chi connectivity index (χ2n) is 4.45. The predicted molar refractivity (Wildman–Crippen MR) is 69.1 cm³/mol. The number of hydrazine groups is 1. The molecule has 0 spiro atoms. The van der Waals surface area contributed by atoms with E-state index in [0.29, 0.717) is 0 Å². The number of nitrogens with one attached hydrogen (secondary N) is 1. The van der Waals surface area contributed by atoms with E-state index in [1.54, 1.807) is 0 Å². The van der Waals surface area contributed by atoms with E-state index >= 15 is 0 Å². The first-order valence-corrected chi connectivity index (χ1v) is 6.11. The summed E-state index contributed by atoms with van der Waals surface area (Å²) in [5.41, 5.74) is 3.10. The van der Waals surface area contributed by atoms with Crippen molar-refractivity contribution in [3.05, 3.63) is 33.9 Å². The number of rotatable bonds is 4. The molecule has 7 heteroatoms. The van der Waals surface area contributed by atoms with Crippen LogP contribution in [0.4, 0.5) is 11.4 Å². The molecule has 1 heterocycles. The number of nitro benzene ring substituents is 1. The molecule has 2 rings (SSSR count). The van der Waals surface area contributed by atoms with E-state index in [1.165, 1.54) is 18.2 Å². The van der Waals surface area contributed by atoms with Crippen molar-refractivity contribution in [2.24, 2.45) is 0 Å². The van der Waals surface area contributed by atoms with E-state index in [1.807, 2.05) is 5.01 Å². The van der Waals surface area contributed by atoms with Crippen LogP contribution in [0.15, 0.2) is 18.2 Å². The molecule has 0 atom stereocenters. The quantitative estimate of drug-likeness (QED) is 0.639. The van der Waals surface area contributed by atoms with E-state index in [0.717, 1.165) is 32.4 Å². The summed E-state index contributed by atoms with van der Waals surface area (Å²) in [6.45, 7) is 1.60. The molecule has 1 fully saturated rings. The van der Waals surface area contributed by atoms with Gasteiger partial charge in [0.25, 0.3) is 5.69 Å². The van der Waals surface area contributed by atoms with Crippen LogP contribution in [-0.4, -0.2) is 34.1 Å². The molecule has 0 amide bonds. The third kappa shape index (κ3) is 3.19. The van der Waals surface area contributed by atoms with Crippen molar-refractivity contribution in [3.8, 4) is 0 Å². The minimum absolute atomic E-state index is 0.0325. The number of anilines is 1. The van der Waals surface area contributed by atoms with Crippen molar-refractivity contribution < 1.29 is 14.8 Å². The molecule has 2 N–H and O–H groups in total. The van der Waals surface area contributed by atoms with Crippen LogP contribution in [0.1, 0.15) is 29.6 Å². The topological polar surface area (TPSA) is 95.7 Å². The summed E-state index contributed by atoms with van der Waals surface area (Å²) in [6, 6.07) is 3.76. The van der Waals surface area contributed by atoms with Gasteiger partial charge in [0.2, 0.25) is 0 Å². The number of aromatic carboxylic acids is 1. The molecule has 1 aromatic carbocycles. The van der Waals surface area contributed by atoms with Gasteiger partial charge in [-0.05, 0) is 25.0 Å². The summed E-state index contributed by atoms with van der Waals surface area (Å²) >= 11 is 0. The Kier molecular flexibility index (Phi) is 3.96. The maximum absolute atomic E-state index is 10.9. The number of carboxylic acid groups (broad SMARTS) is 1. The SMILES string of the molecule is O=C(O)c1ccc([N+](=O)[O-])c(NN2CCCCC2)c1. The molecular weight excluding hydrogens is 250 g/mol. The number of carboxylic acids is 1. The lowest BCUT2D eigenvalue weighted by atomic mass is 10.1. The van der Waals surface area contributed by atoms with Crippen LogP contribution in [-0.2, 0) is 0 Å². The third-order valence-electron chi connectivity index (χ3n) is 3.07. The monoisotopic (exact) mass is 265 g/mol. The van der Waals surface area contributed by atoms with Gasteiger partial charge in [0.05, 0.1) is 10.5 Å². The molecule has 0 bridgehead atoms. The van der Waals surface area contributed by atoms with E-state index < -0.39 is 10.9 Å². The number of carbonyl (C=O) groups is 1. The summed E-state index contributed by atoms with van der Waals surface area (Å²) in [5, 5.41) is 21.8. The molecule has 102 valence electrons. The Morgan fingerprint density at radius 3 is 2.58 bits per heavy atom. The summed E-state index contributed by atoms with van der Waals surface area (Å²) < 4.78 is 0. The lowest BCUT2D eigenvalue weighted by molar-refractivity contribution is -0.384. The number of benzene rings is 1. The Balaban J connectivity index is 2.26. The van der Waals surface area contributed by atoms with Gasteiger partial charge >= 0.3 is 5.97 Å². The Morgan fingerprint density at radius 2 is 2.00 bits per heavy atom. The molecule has 1 aliphatic rings. The first kappa shape index (κ1) is 13.3. The van der Waals surface area contributed by atoms with Crippen molar-refractivity contribution in [2.75, 3.05) is 18.5 Å². The van der Waals surface area contributed by atoms with Crippen molar-refractivity contribution in [3.63, 3.8) is 0 Å². The molecule has 0 aromatic heterocycles. The predicted octanol–water partition coefficient (Wildman–Crippen LogP) is 2.11. The zero-order valence-electron chi connectivity index (χ0n) is 10.3. The molecule has 1 aliphatic heterocycles. The third-order valence-corrected chi connectivity index (χ3v) is 3.07. The number of hydrogen-bond acceptors (Lipinski definition) is 5. The Labute approximate surface area is 110 Å². The average molecular weight is 265 g/mol. The van der Waals surface area contributed by atoms with Gasteiger partial charge in [-0.3, -0.25) is 10.1 Å². The van der Waals surface area contributed by atoms with Crippen LogP contribution < -0.4 is 5.43 Å². The van der Waals surface area contributed by atoms with Gasteiger partial charge in [0.15, 0.2) is 0 Å². The smallest absolute Gasteiger partial charge is 0.335 e. The van der Waals surface area contributed by atoms with Gasteiger partial charge in [-0.1, -0.05) is 6.42 Å². The van der Waals surface area contributed by atoms with Crippen LogP contribution in [0.2, 0.25) is 0 Å². The Bertz CT molecular complexity index is 498. The van der Waals surface area contributed by atoms with Crippen LogP contribution in [0, 0.1) is 10.1 Å². The van der Waals surface area contributed by atoms with Crippen LogP contribution in [0.25, 0.3) is 0 Å². The van der Waals surface area contributed by atoms with Gasteiger partial charge in [0, 0.05) is 19.2 Å². The lowest BCUT2D eigenvalue weighted by Crippen LogP contribution is -2.35. The van der Waals surface area contributed by atoms with Crippen LogP contribution >= 0.6 is 0 Å². The minimum Gasteiger partial charge on any atom is -0.478 e. The first-order chi connectivity index (χ1) is 9.08. The number of piperidine rings is 1. The second kappa shape index (κ2) is 5.66. The van der Waals surface area contributed by atoms with Crippen molar-refractivity contribution >= 4 is 17.3 Å². The summed E-state index contributed by atoms with van der Waals surface area (Å²) in [5.74, 6) is -1.10. The number of nitro groups is 1. The lowest BCUT2D eigenvalue weighted by Gasteiger charge is -2.27. The Hall–Kier alpha value is -2.15. The van der Waals surface area contributed by atoms with Gasteiger partial charge in [0.1, 0.15) is 5.69 Å². The minimum atomic E-state index is -1.10. The van der Waals surface area contributed by atoms with E-state index in [-0.39, 0.29) is 16.9 Å². The second-order valence-corrected chi connectivity index (χ2v) is 4.45. The molecule has 1 saturated heterocycles. The van der Waals surface area contributed by atoms with Crippen molar-refractivity contribution in [1.29, 1.82) is 0 Å². The summed E-state index contributed by atoms with van der Waals surface area (Å²) in [4.78, 5) is 21.3. The van der Waals surface area contributed by atoms with Gasteiger partial charge in [-0.25, -0.2) is 9.80 Å². The maximum Gasteiger partial charge on any atom is 0.335 e. The normalized spacial score (nSPS) is 16.0. The zero-order chi connectivity index (χ0) is 13.8. The molecule has 1 aromatic rings. The number of nitrogens with zero attached hydrogens (tertiary/aromatic N) is 2. The Morgan fingerprint density at radius 1 is 1.32 bits per heavy atom. The molecule has 0 saturated carbocycles. The summed E-state index contributed by atoms with van der Waals surface area (Å²) in [7, 11) is 0. The molecule has 0 aliphatic carbocycles. The largest absolute Gasteiger partial charge is 0.478 e. The number of hydrogen-bond donors (Lipinski definition) is 2. The summed E-state index contributed by atoms with van der Waals surface area (Å²) in [6.07, 6.45) is 3.20. The zero-order valence-corrected chi connectivity index (χ0v) is 10.3. The van der Waals surface area contributed by atoms with E-state index in [2.05, 4.69) is 5.43 Å². The van der Waals surface area contributed by atoms with Gasteiger partial charge < -0.3 is 10.5 Å². The van der Waals surface area contributed by atoms with E-state index in [9.17, 15) is 14.9 Å². The highest BCUT2D eigenvalue weighted by Gasteiger charge is 2.19.